The molecule has 3 aromatic carbocycles. The van der Waals surface area contributed by atoms with Gasteiger partial charge in [0.2, 0.25) is 11.9 Å². The Morgan fingerprint density at radius 1 is 0.889 bits per heavy atom. The molecule has 0 aliphatic heterocycles. The summed E-state index contributed by atoms with van der Waals surface area (Å²) in [6.45, 7) is 0. The first kappa shape index (κ1) is 24.7. The molecule has 8 nitrogen and oxygen atoms in total. The quantitative estimate of drug-likeness (QED) is 0.211. The van der Waals surface area contributed by atoms with Gasteiger partial charge >= 0.3 is 6.36 Å². The van der Waals surface area contributed by atoms with Crippen molar-refractivity contribution >= 4 is 35.4 Å². The van der Waals surface area contributed by atoms with Crippen LogP contribution in [0.25, 0.3) is 11.4 Å². The van der Waals surface area contributed by atoms with E-state index in [1.165, 1.54) is 30.5 Å². The minimum Gasteiger partial charge on any atom is -0.496 e. The number of methoxy groups -OCH3 is 1. The predicted octanol–water partition coefficient (Wildman–Crippen LogP) is 6.29. The van der Waals surface area contributed by atoms with Crippen LogP contribution in [0.3, 0.4) is 0 Å². The second-order valence-electron chi connectivity index (χ2n) is 7.13. The van der Waals surface area contributed by atoms with Gasteiger partial charge in [0.1, 0.15) is 11.5 Å². The van der Waals surface area contributed by atoms with Crippen LogP contribution in [0.15, 0.2) is 77.9 Å². The zero-order chi connectivity index (χ0) is 25.5. The van der Waals surface area contributed by atoms with Crippen molar-refractivity contribution in [2.24, 2.45) is 5.10 Å². The summed E-state index contributed by atoms with van der Waals surface area (Å²) < 4.78 is 46.3. The fourth-order valence-corrected chi connectivity index (χ4v) is 3.14. The maximum absolute atomic E-state index is 12.3. The Morgan fingerprint density at radius 3 is 2.28 bits per heavy atom. The van der Waals surface area contributed by atoms with E-state index in [0.29, 0.717) is 33.4 Å². The molecule has 36 heavy (non-hydrogen) atoms. The third-order valence-electron chi connectivity index (χ3n) is 4.58. The van der Waals surface area contributed by atoms with Crippen molar-refractivity contribution in [2.75, 3.05) is 17.9 Å². The molecule has 0 amide bonds. The standard InChI is InChI=1S/C24H18ClF3N6O2/c1-35-20-5-3-2-4-19(20)21-31-22(30-17-10-8-16(25)9-11-17)33-23(32-21)34-29-14-15-6-12-18(13-7-15)36-24(26,27)28/h2-14H,1H3,(H2,30,31,32,33,34). The largest absolute Gasteiger partial charge is 0.573 e. The van der Waals surface area contributed by atoms with E-state index in [1.807, 2.05) is 12.1 Å². The van der Waals surface area contributed by atoms with Gasteiger partial charge in [-0.05, 0) is 66.2 Å². The van der Waals surface area contributed by atoms with Crippen molar-refractivity contribution in [3.63, 3.8) is 0 Å². The first-order valence-electron chi connectivity index (χ1n) is 10.4. The molecule has 1 heterocycles. The van der Waals surface area contributed by atoms with Gasteiger partial charge in [0, 0.05) is 10.7 Å². The molecule has 0 aliphatic rings. The summed E-state index contributed by atoms with van der Waals surface area (Å²) in [4.78, 5) is 13.3. The summed E-state index contributed by atoms with van der Waals surface area (Å²) in [6, 6.07) is 19.4. The second kappa shape index (κ2) is 10.9. The minimum atomic E-state index is -4.76. The average molecular weight is 515 g/mol. The van der Waals surface area contributed by atoms with Gasteiger partial charge in [0.15, 0.2) is 5.82 Å². The normalized spacial score (nSPS) is 11.4. The molecule has 0 aliphatic carbocycles. The molecule has 4 rings (SSSR count). The smallest absolute Gasteiger partial charge is 0.496 e. The highest BCUT2D eigenvalue weighted by molar-refractivity contribution is 6.30. The first-order chi connectivity index (χ1) is 17.3. The molecule has 0 bridgehead atoms. The SMILES string of the molecule is COc1ccccc1-c1nc(NN=Cc2ccc(OC(F)(F)F)cc2)nc(Nc2ccc(Cl)cc2)n1. The number of alkyl halides is 3. The molecule has 12 heteroatoms. The van der Waals surface area contributed by atoms with E-state index in [1.54, 1.807) is 43.5 Å². The maximum atomic E-state index is 12.3. The van der Waals surface area contributed by atoms with Crippen molar-refractivity contribution < 1.29 is 22.6 Å². The summed E-state index contributed by atoms with van der Waals surface area (Å²) in [5.74, 6) is 0.918. The van der Waals surface area contributed by atoms with E-state index in [4.69, 9.17) is 16.3 Å². The van der Waals surface area contributed by atoms with Gasteiger partial charge in [0.25, 0.3) is 0 Å². The van der Waals surface area contributed by atoms with Crippen LogP contribution in [0.1, 0.15) is 5.56 Å². The molecular weight excluding hydrogens is 497 g/mol. The lowest BCUT2D eigenvalue weighted by atomic mass is 10.2. The molecule has 0 saturated heterocycles. The highest BCUT2D eigenvalue weighted by Crippen LogP contribution is 2.29. The lowest BCUT2D eigenvalue weighted by Crippen LogP contribution is -2.17. The molecular formula is C24H18ClF3N6O2. The van der Waals surface area contributed by atoms with E-state index in [9.17, 15) is 13.2 Å². The number of halogens is 4. The second-order valence-corrected chi connectivity index (χ2v) is 7.56. The lowest BCUT2D eigenvalue weighted by Gasteiger charge is -2.11. The molecule has 0 atom stereocenters. The van der Waals surface area contributed by atoms with Crippen LogP contribution in [-0.4, -0.2) is 34.6 Å². The van der Waals surface area contributed by atoms with Crippen molar-refractivity contribution in [2.45, 2.75) is 6.36 Å². The zero-order valence-corrected chi connectivity index (χ0v) is 19.4. The van der Waals surface area contributed by atoms with Crippen LogP contribution < -0.4 is 20.2 Å². The Labute approximate surface area is 208 Å². The predicted molar refractivity (Wildman–Crippen MR) is 131 cm³/mol. The Balaban J connectivity index is 1.58. The van der Waals surface area contributed by atoms with Crippen molar-refractivity contribution in [1.29, 1.82) is 0 Å². The summed E-state index contributed by atoms with van der Waals surface area (Å²) >= 11 is 5.96. The van der Waals surface area contributed by atoms with Gasteiger partial charge in [-0.3, -0.25) is 0 Å². The van der Waals surface area contributed by atoms with Crippen LogP contribution >= 0.6 is 11.6 Å². The number of ether oxygens (including phenoxy) is 2. The summed E-state index contributed by atoms with van der Waals surface area (Å²) in [5, 5.41) is 7.76. The van der Waals surface area contributed by atoms with Gasteiger partial charge in [-0.1, -0.05) is 23.7 Å². The number of para-hydroxylation sites is 1. The van der Waals surface area contributed by atoms with Crippen LogP contribution in [0.5, 0.6) is 11.5 Å². The fraction of sp³-hybridized carbons (Fsp3) is 0.0833. The summed E-state index contributed by atoms with van der Waals surface area (Å²) in [7, 11) is 1.54. The molecule has 0 fully saturated rings. The van der Waals surface area contributed by atoms with E-state index in [-0.39, 0.29) is 17.6 Å². The topological polar surface area (TPSA) is 93.5 Å². The third kappa shape index (κ3) is 6.83. The van der Waals surface area contributed by atoms with E-state index in [2.05, 4.69) is 35.5 Å². The lowest BCUT2D eigenvalue weighted by molar-refractivity contribution is -0.274. The van der Waals surface area contributed by atoms with Gasteiger partial charge in [-0.15, -0.1) is 13.2 Å². The number of aromatic nitrogens is 3. The fourth-order valence-electron chi connectivity index (χ4n) is 3.01. The Hall–Kier alpha value is -4.38. The van der Waals surface area contributed by atoms with Gasteiger partial charge in [0.05, 0.1) is 18.9 Å². The molecule has 4 aromatic rings. The van der Waals surface area contributed by atoms with Crippen LogP contribution in [0.4, 0.5) is 30.8 Å². The number of anilines is 3. The van der Waals surface area contributed by atoms with Crippen LogP contribution in [-0.2, 0) is 0 Å². The highest BCUT2D eigenvalue weighted by Gasteiger charge is 2.30. The summed E-state index contributed by atoms with van der Waals surface area (Å²) in [5.41, 5.74) is 4.58. The van der Waals surface area contributed by atoms with Crippen molar-refractivity contribution in [3.05, 3.63) is 83.4 Å². The van der Waals surface area contributed by atoms with Crippen LogP contribution in [0.2, 0.25) is 5.02 Å². The summed E-state index contributed by atoms with van der Waals surface area (Å²) in [6.07, 6.45) is -3.36. The number of hydrazone groups is 1. The van der Waals surface area contributed by atoms with Crippen LogP contribution in [0, 0.1) is 0 Å². The van der Waals surface area contributed by atoms with E-state index < -0.39 is 6.36 Å². The van der Waals surface area contributed by atoms with Crippen molar-refractivity contribution in [1.82, 2.24) is 15.0 Å². The number of benzene rings is 3. The van der Waals surface area contributed by atoms with Crippen molar-refractivity contribution in [3.8, 4) is 22.9 Å². The van der Waals surface area contributed by atoms with Gasteiger partial charge < -0.3 is 14.8 Å². The number of rotatable bonds is 8. The number of nitrogens with zero attached hydrogens (tertiary/aromatic N) is 4. The van der Waals surface area contributed by atoms with E-state index in [0.717, 1.165) is 0 Å². The molecule has 0 saturated carbocycles. The molecule has 0 spiro atoms. The van der Waals surface area contributed by atoms with E-state index >= 15 is 0 Å². The molecule has 0 unspecified atom stereocenters. The Bertz CT molecular complexity index is 1350. The monoisotopic (exact) mass is 514 g/mol. The first-order valence-corrected chi connectivity index (χ1v) is 10.7. The number of nitrogens with one attached hydrogen (secondary N) is 2. The van der Waals surface area contributed by atoms with Gasteiger partial charge in [-0.2, -0.15) is 20.1 Å². The Morgan fingerprint density at radius 2 is 1.58 bits per heavy atom. The van der Waals surface area contributed by atoms with Gasteiger partial charge in [-0.25, -0.2) is 5.43 Å². The number of hydrogen-bond donors (Lipinski definition) is 2. The minimum absolute atomic E-state index is 0.121. The third-order valence-corrected chi connectivity index (χ3v) is 4.83. The number of hydrogen-bond acceptors (Lipinski definition) is 8. The molecule has 1 aromatic heterocycles. The molecule has 184 valence electrons. The average Bonchev–Trinajstić information content (AvgIpc) is 2.85. The molecule has 0 radical (unpaired) electrons. The zero-order valence-electron chi connectivity index (χ0n) is 18.6. The maximum Gasteiger partial charge on any atom is 0.573 e. The highest BCUT2D eigenvalue weighted by atomic mass is 35.5. The molecule has 2 N–H and O–H groups in total. The Kier molecular flexibility index (Phi) is 7.50.